The Labute approximate surface area is 107 Å². The maximum Gasteiger partial charge on any atom is 0.00967 e. The zero-order valence-electron chi connectivity index (χ0n) is 12.1. The summed E-state index contributed by atoms with van der Waals surface area (Å²) in [5.74, 6) is 1.03. The maximum atomic E-state index is 3.59. The first kappa shape index (κ1) is 13.4. The average Bonchev–Trinajstić information content (AvgIpc) is 3.06. The maximum absolute atomic E-state index is 3.59. The highest BCUT2D eigenvalue weighted by atomic mass is 15.2. The molecule has 2 fully saturated rings. The standard InChI is InChI=1S/C15H30N2/c1-12(2)16-10-15(3,4)11-17(14-7-8-14)9-13-5-6-13/h12-14,16H,5-11H2,1-4H3. The molecule has 0 heterocycles. The van der Waals surface area contributed by atoms with Crippen LogP contribution in [0.5, 0.6) is 0 Å². The smallest absolute Gasteiger partial charge is 0.00967 e. The van der Waals surface area contributed by atoms with Crippen molar-refractivity contribution in [1.29, 1.82) is 0 Å². The molecule has 2 aliphatic rings. The van der Waals surface area contributed by atoms with Crippen molar-refractivity contribution in [3.8, 4) is 0 Å². The summed E-state index contributed by atoms with van der Waals surface area (Å²) in [6.45, 7) is 13.1. The molecule has 2 saturated carbocycles. The second kappa shape index (κ2) is 5.27. The molecule has 100 valence electrons. The first-order valence-corrected chi connectivity index (χ1v) is 7.44. The van der Waals surface area contributed by atoms with Crippen LogP contribution in [0.1, 0.15) is 53.4 Å². The van der Waals surface area contributed by atoms with Gasteiger partial charge in [-0.1, -0.05) is 27.7 Å². The number of nitrogens with one attached hydrogen (secondary N) is 1. The predicted molar refractivity (Wildman–Crippen MR) is 74.2 cm³/mol. The SMILES string of the molecule is CC(C)NCC(C)(C)CN(CC1CC1)C1CC1. The molecule has 0 unspecified atom stereocenters. The van der Waals surface area contributed by atoms with E-state index in [-0.39, 0.29) is 0 Å². The fraction of sp³-hybridized carbons (Fsp3) is 1.00. The van der Waals surface area contributed by atoms with Gasteiger partial charge in [0, 0.05) is 31.7 Å². The second-order valence-electron chi connectivity index (χ2n) is 7.30. The fourth-order valence-electron chi connectivity index (χ4n) is 2.50. The van der Waals surface area contributed by atoms with Crippen molar-refractivity contribution >= 4 is 0 Å². The van der Waals surface area contributed by atoms with Crippen LogP contribution in [-0.2, 0) is 0 Å². The van der Waals surface area contributed by atoms with E-state index < -0.39 is 0 Å². The van der Waals surface area contributed by atoms with Gasteiger partial charge in [-0.2, -0.15) is 0 Å². The summed E-state index contributed by atoms with van der Waals surface area (Å²) in [6, 6.07) is 1.53. The Balaban J connectivity index is 1.77. The summed E-state index contributed by atoms with van der Waals surface area (Å²) < 4.78 is 0. The molecule has 0 atom stereocenters. The Morgan fingerprint density at radius 2 is 1.82 bits per heavy atom. The molecule has 0 amide bonds. The summed E-state index contributed by atoms with van der Waals surface area (Å²) in [5, 5.41) is 3.59. The van der Waals surface area contributed by atoms with Crippen LogP contribution in [0.3, 0.4) is 0 Å². The van der Waals surface area contributed by atoms with Gasteiger partial charge in [0.1, 0.15) is 0 Å². The molecule has 0 radical (unpaired) electrons. The van der Waals surface area contributed by atoms with Gasteiger partial charge in [-0.05, 0) is 37.0 Å². The molecular weight excluding hydrogens is 208 g/mol. The van der Waals surface area contributed by atoms with Crippen molar-refractivity contribution in [1.82, 2.24) is 10.2 Å². The normalized spacial score (nSPS) is 21.5. The van der Waals surface area contributed by atoms with Crippen molar-refractivity contribution < 1.29 is 0 Å². The van der Waals surface area contributed by atoms with Gasteiger partial charge in [-0.3, -0.25) is 4.90 Å². The van der Waals surface area contributed by atoms with E-state index in [0.29, 0.717) is 11.5 Å². The molecule has 0 aromatic heterocycles. The highest BCUT2D eigenvalue weighted by molar-refractivity contribution is 4.91. The highest BCUT2D eigenvalue weighted by Crippen LogP contribution is 2.36. The molecule has 2 heteroatoms. The Hall–Kier alpha value is -0.0800. The summed E-state index contributed by atoms with van der Waals surface area (Å²) in [7, 11) is 0. The van der Waals surface area contributed by atoms with E-state index in [4.69, 9.17) is 0 Å². The minimum atomic E-state index is 0.405. The lowest BCUT2D eigenvalue weighted by molar-refractivity contribution is 0.159. The molecule has 2 nitrogen and oxygen atoms in total. The molecular formula is C15H30N2. The Bertz CT molecular complexity index is 239. The van der Waals surface area contributed by atoms with E-state index >= 15 is 0 Å². The molecule has 0 spiro atoms. The molecule has 1 N–H and O–H groups in total. The Morgan fingerprint density at radius 1 is 1.18 bits per heavy atom. The van der Waals surface area contributed by atoms with Gasteiger partial charge < -0.3 is 5.32 Å². The van der Waals surface area contributed by atoms with E-state index in [9.17, 15) is 0 Å². The van der Waals surface area contributed by atoms with Crippen LogP contribution in [-0.4, -0.2) is 36.6 Å². The zero-order chi connectivity index (χ0) is 12.5. The van der Waals surface area contributed by atoms with Crippen LogP contribution in [0.2, 0.25) is 0 Å². The largest absolute Gasteiger partial charge is 0.314 e. The number of hydrogen-bond acceptors (Lipinski definition) is 2. The van der Waals surface area contributed by atoms with Gasteiger partial charge in [0.05, 0.1) is 0 Å². The monoisotopic (exact) mass is 238 g/mol. The quantitative estimate of drug-likeness (QED) is 0.699. The molecule has 2 aliphatic carbocycles. The second-order valence-corrected chi connectivity index (χ2v) is 7.30. The predicted octanol–water partition coefficient (Wildman–Crippen LogP) is 2.89. The molecule has 0 aromatic carbocycles. The van der Waals surface area contributed by atoms with Crippen LogP contribution in [0.25, 0.3) is 0 Å². The van der Waals surface area contributed by atoms with Gasteiger partial charge in [-0.25, -0.2) is 0 Å². The van der Waals surface area contributed by atoms with Crippen LogP contribution in [0.4, 0.5) is 0 Å². The topological polar surface area (TPSA) is 15.3 Å². The van der Waals surface area contributed by atoms with Crippen LogP contribution >= 0.6 is 0 Å². The third kappa shape index (κ3) is 4.97. The van der Waals surface area contributed by atoms with Gasteiger partial charge >= 0.3 is 0 Å². The summed E-state index contributed by atoms with van der Waals surface area (Å²) in [4.78, 5) is 2.78. The van der Waals surface area contributed by atoms with Crippen molar-refractivity contribution in [2.24, 2.45) is 11.3 Å². The molecule has 2 rings (SSSR count). The number of hydrogen-bond donors (Lipinski definition) is 1. The van der Waals surface area contributed by atoms with E-state index in [0.717, 1.165) is 18.5 Å². The van der Waals surface area contributed by atoms with Gasteiger partial charge in [0.25, 0.3) is 0 Å². The third-order valence-electron chi connectivity index (χ3n) is 3.87. The Morgan fingerprint density at radius 3 is 2.29 bits per heavy atom. The van der Waals surface area contributed by atoms with Crippen LogP contribution < -0.4 is 5.32 Å². The Kier molecular flexibility index (Phi) is 4.14. The molecule has 0 saturated heterocycles. The van der Waals surface area contributed by atoms with E-state index in [1.54, 1.807) is 0 Å². The number of rotatable bonds is 8. The van der Waals surface area contributed by atoms with E-state index in [1.807, 2.05) is 0 Å². The first-order valence-electron chi connectivity index (χ1n) is 7.44. The zero-order valence-corrected chi connectivity index (χ0v) is 12.1. The summed E-state index contributed by atoms with van der Waals surface area (Å²) in [6.07, 6.45) is 5.85. The van der Waals surface area contributed by atoms with Gasteiger partial charge in [0.15, 0.2) is 0 Å². The van der Waals surface area contributed by atoms with Gasteiger partial charge in [-0.15, -0.1) is 0 Å². The van der Waals surface area contributed by atoms with Crippen LogP contribution in [0, 0.1) is 11.3 Å². The summed E-state index contributed by atoms with van der Waals surface area (Å²) >= 11 is 0. The lowest BCUT2D eigenvalue weighted by Gasteiger charge is -2.34. The average molecular weight is 238 g/mol. The minimum Gasteiger partial charge on any atom is -0.314 e. The van der Waals surface area contributed by atoms with Crippen molar-refractivity contribution in [2.45, 2.75) is 65.5 Å². The molecule has 17 heavy (non-hydrogen) atoms. The van der Waals surface area contributed by atoms with Gasteiger partial charge in [0.2, 0.25) is 0 Å². The van der Waals surface area contributed by atoms with E-state index in [1.165, 1.54) is 38.8 Å². The molecule has 0 aromatic rings. The van der Waals surface area contributed by atoms with Crippen molar-refractivity contribution in [2.75, 3.05) is 19.6 Å². The molecule has 0 aliphatic heterocycles. The lowest BCUT2D eigenvalue weighted by Crippen LogP contribution is -2.43. The van der Waals surface area contributed by atoms with Crippen LogP contribution in [0.15, 0.2) is 0 Å². The fourth-order valence-corrected chi connectivity index (χ4v) is 2.50. The summed E-state index contributed by atoms with van der Waals surface area (Å²) in [5.41, 5.74) is 0.405. The third-order valence-corrected chi connectivity index (χ3v) is 3.87. The van der Waals surface area contributed by atoms with E-state index in [2.05, 4.69) is 37.9 Å². The lowest BCUT2D eigenvalue weighted by atomic mass is 9.92. The van der Waals surface area contributed by atoms with Crippen molar-refractivity contribution in [3.63, 3.8) is 0 Å². The highest BCUT2D eigenvalue weighted by Gasteiger charge is 2.36. The minimum absolute atomic E-state index is 0.405. The molecule has 0 bridgehead atoms. The van der Waals surface area contributed by atoms with Crippen molar-refractivity contribution in [3.05, 3.63) is 0 Å². The first-order chi connectivity index (χ1) is 7.96. The number of nitrogens with zero attached hydrogens (tertiary/aromatic N) is 1.